The first-order valence-electron chi connectivity index (χ1n) is 4.86. The van der Waals surface area contributed by atoms with Gasteiger partial charge in [-0.25, -0.2) is 0 Å². The van der Waals surface area contributed by atoms with E-state index in [1.54, 1.807) is 5.57 Å². The molecule has 0 heterocycles. The highest BCUT2D eigenvalue weighted by Gasteiger charge is 2.44. The van der Waals surface area contributed by atoms with Crippen LogP contribution < -0.4 is 0 Å². The Morgan fingerprint density at radius 2 is 2.18 bits per heavy atom. The minimum Gasteiger partial charge on any atom is -0.0853 e. The van der Waals surface area contributed by atoms with Crippen molar-refractivity contribution < 1.29 is 0 Å². The van der Waals surface area contributed by atoms with Crippen molar-refractivity contribution in [2.75, 3.05) is 0 Å². The van der Waals surface area contributed by atoms with Crippen LogP contribution in [0.5, 0.6) is 0 Å². The van der Waals surface area contributed by atoms with E-state index in [-0.39, 0.29) is 0 Å². The fourth-order valence-corrected chi connectivity index (χ4v) is 2.20. The van der Waals surface area contributed by atoms with E-state index in [1.807, 2.05) is 0 Å². The predicted molar refractivity (Wildman–Crippen MR) is 48.4 cm³/mol. The molecule has 0 aromatic rings. The zero-order chi connectivity index (χ0) is 7.90. The molecule has 1 saturated carbocycles. The van der Waals surface area contributed by atoms with Gasteiger partial charge in [0.25, 0.3) is 0 Å². The van der Waals surface area contributed by atoms with Crippen molar-refractivity contribution in [3.63, 3.8) is 0 Å². The Morgan fingerprint density at radius 3 is 2.64 bits per heavy atom. The standard InChI is InChI=1S/C11H18/c1-9-3-5-10(6-4-9)11(2)7-8-11/h3,10H,4-8H2,1-2H3/t10-/m0/s1. The van der Waals surface area contributed by atoms with Gasteiger partial charge in [-0.15, -0.1) is 0 Å². The summed E-state index contributed by atoms with van der Waals surface area (Å²) in [6.07, 6.45) is 9.62. The summed E-state index contributed by atoms with van der Waals surface area (Å²) in [6.45, 7) is 4.73. The molecule has 0 amide bonds. The Morgan fingerprint density at radius 1 is 1.45 bits per heavy atom. The predicted octanol–water partition coefficient (Wildman–Crippen LogP) is 3.53. The molecule has 0 aromatic carbocycles. The number of hydrogen-bond acceptors (Lipinski definition) is 0. The van der Waals surface area contributed by atoms with Crippen LogP contribution in [0.15, 0.2) is 11.6 Å². The van der Waals surface area contributed by atoms with Crippen molar-refractivity contribution in [1.29, 1.82) is 0 Å². The normalized spacial score (nSPS) is 34.7. The quantitative estimate of drug-likeness (QED) is 0.502. The van der Waals surface area contributed by atoms with Crippen LogP contribution in [0.3, 0.4) is 0 Å². The molecular formula is C11H18. The van der Waals surface area contributed by atoms with Gasteiger partial charge in [0.05, 0.1) is 0 Å². The Kier molecular flexibility index (Phi) is 1.59. The summed E-state index contributed by atoms with van der Waals surface area (Å²) < 4.78 is 0. The Hall–Kier alpha value is -0.260. The molecule has 0 radical (unpaired) electrons. The minimum absolute atomic E-state index is 0.761. The molecule has 1 atom stereocenters. The highest BCUT2D eigenvalue weighted by atomic mass is 14.5. The van der Waals surface area contributed by atoms with E-state index in [0.717, 1.165) is 11.3 Å². The van der Waals surface area contributed by atoms with Crippen molar-refractivity contribution in [3.8, 4) is 0 Å². The fraction of sp³-hybridized carbons (Fsp3) is 0.818. The lowest BCUT2D eigenvalue weighted by molar-refractivity contribution is 0.306. The van der Waals surface area contributed by atoms with Crippen molar-refractivity contribution in [2.24, 2.45) is 11.3 Å². The molecule has 0 unspecified atom stereocenters. The molecule has 11 heavy (non-hydrogen) atoms. The summed E-state index contributed by atoms with van der Waals surface area (Å²) >= 11 is 0. The van der Waals surface area contributed by atoms with Gasteiger partial charge in [-0.3, -0.25) is 0 Å². The molecule has 0 heteroatoms. The molecule has 2 rings (SSSR count). The van der Waals surface area contributed by atoms with Gasteiger partial charge in [-0.2, -0.15) is 0 Å². The summed E-state index contributed by atoms with van der Waals surface area (Å²) in [5.41, 5.74) is 2.38. The second kappa shape index (κ2) is 2.36. The van der Waals surface area contributed by atoms with Crippen molar-refractivity contribution in [3.05, 3.63) is 11.6 Å². The number of hydrogen-bond donors (Lipinski definition) is 0. The number of rotatable bonds is 1. The van der Waals surface area contributed by atoms with E-state index in [2.05, 4.69) is 19.9 Å². The Bertz CT molecular complexity index is 184. The van der Waals surface area contributed by atoms with Gasteiger partial charge in [0.1, 0.15) is 0 Å². The van der Waals surface area contributed by atoms with Crippen LogP contribution in [-0.2, 0) is 0 Å². The molecule has 62 valence electrons. The summed E-state index contributed by atoms with van der Waals surface area (Å²) in [6, 6.07) is 0. The highest BCUT2D eigenvalue weighted by molar-refractivity contribution is 5.08. The second-order valence-electron chi connectivity index (χ2n) is 4.68. The zero-order valence-electron chi connectivity index (χ0n) is 7.69. The van der Waals surface area contributed by atoms with Crippen LogP contribution in [0.25, 0.3) is 0 Å². The fourth-order valence-electron chi connectivity index (χ4n) is 2.20. The van der Waals surface area contributed by atoms with Gasteiger partial charge in [0, 0.05) is 0 Å². The minimum atomic E-state index is 0.761. The first-order valence-corrected chi connectivity index (χ1v) is 4.86. The van der Waals surface area contributed by atoms with E-state index in [4.69, 9.17) is 0 Å². The lowest BCUT2D eigenvalue weighted by Gasteiger charge is -2.26. The number of allylic oxidation sites excluding steroid dienone is 2. The van der Waals surface area contributed by atoms with Gasteiger partial charge in [-0.1, -0.05) is 18.6 Å². The third-order valence-corrected chi connectivity index (χ3v) is 3.66. The monoisotopic (exact) mass is 150 g/mol. The molecule has 2 aliphatic carbocycles. The van der Waals surface area contributed by atoms with Crippen molar-refractivity contribution >= 4 is 0 Å². The summed E-state index contributed by atoms with van der Waals surface area (Å²) in [7, 11) is 0. The van der Waals surface area contributed by atoms with Crippen LogP contribution in [0.4, 0.5) is 0 Å². The average Bonchev–Trinajstić information content (AvgIpc) is 2.70. The molecule has 0 N–H and O–H groups in total. The maximum atomic E-state index is 2.46. The Balaban J connectivity index is 1.98. The lowest BCUT2D eigenvalue weighted by atomic mass is 9.80. The molecule has 0 spiro atoms. The zero-order valence-corrected chi connectivity index (χ0v) is 7.69. The van der Waals surface area contributed by atoms with Crippen molar-refractivity contribution in [2.45, 2.75) is 46.0 Å². The van der Waals surface area contributed by atoms with Crippen LogP contribution >= 0.6 is 0 Å². The van der Waals surface area contributed by atoms with Crippen LogP contribution in [-0.4, -0.2) is 0 Å². The third kappa shape index (κ3) is 1.36. The summed E-state index contributed by atoms with van der Waals surface area (Å²) in [4.78, 5) is 0. The van der Waals surface area contributed by atoms with Crippen LogP contribution in [0.1, 0.15) is 46.0 Å². The summed E-state index contributed by atoms with van der Waals surface area (Å²) in [5, 5.41) is 0. The van der Waals surface area contributed by atoms with Crippen molar-refractivity contribution in [1.82, 2.24) is 0 Å². The average molecular weight is 150 g/mol. The third-order valence-electron chi connectivity index (χ3n) is 3.66. The first kappa shape index (κ1) is 7.39. The molecular weight excluding hydrogens is 132 g/mol. The topological polar surface area (TPSA) is 0 Å². The SMILES string of the molecule is CC1=CC[C@H](C2(C)CC2)CC1. The molecule has 0 nitrogen and oxygen atoms in total. The largest absolute Gasteiger partial charge is 0.0853 e. The lowest BCUT2D eigenvalue weighted by Crippen LogP contribution is -2.14. The van der Waals surface area contributed by atoms with Crippen LogP contribution in [0.2, 0.25) is 0 Å². The Labute approximate surface area is 69.7 Å². The van der Waals surface area contributed by atoms with E-state index in [1.165, 1.54) is 32.1 Å². The second-order valence-corrected chi connectivity index (χ2v) is 4.68. The van der Waals surface area contributed by atoms with Gasteiger partial charge < -0.3 is 0 Å². The van der Waals surface area contributed by atoms with Gasteiger partial charge in [0.15, 0.2) is 0 Å². The van der Waals surface area contributed by atoms with Gasteiger partial charge in [0.2, 0.25) is 0 Å². The van der Waals surface area contributed by atoms with Crippen LogP contribution in [0, 0.1) is 11.3 Å². The smallest absolute Gasteiger partial charge is 0.0294 e. The molecule has 0 saturated heterocycles. The van der Waals surface area contributed by atoms with Gasteiger partial charge >= 0.3 is 0 Å². The molecule has 1 fully saturated rings. The maximum Gasteiger partial charge on any atom is -0.0294 e. The summed E-state index contributed by atoms with van der Waals surface area (Å²) in [5.74, 6) is 1.02. The van der Waals surface area contributed by atoms with Gasteiger partial charge in [-0.05, 0) is 50.4 Å². The highest BCUT2D eigenvalue weighted by Crippen LogP contribution is 2.55. The molecule has 2 aliphatic rings. The van der Waals surface area contributed by atoms with E-state index < -0.39 is 0 Å². The van der Waals surface area contributed by atoms with E-state index in [0.29, 0.717) is 0 Å². The molecule has 0 aliphatic heterocycles. The van der Waals surface area contributed by atoms with E-state index in [9.17, 15) is 0 Å². The first-order chi connectivity index (χ1) is 5.21. The van der Waals surface area contributed by atoms with E-state index >= 15 is 0 Å². The molecule has 0 bridgehead atoms. The molecule has 0 aromatic heterocycles. The maximum absolute atomic E-state index is 2.46.